The van der Waals surface area contributed by atoms with E-state index in [1.165, 1.54) is 22.0 Å². The van der Waals surface area contributed by atoms with Crippen LogP contribution in [0.25, 0.3) is 0 Å². The molecule has 0 aliphatic carbocycles. The zero-order chi connectivity index (χ0) is 27.9. The maximum Gasteiger partial charge on any atom is 0.243 e. The summed E-state index contributed by atoms with van der Waals surface area (Å²) in [6.45, 7) is 8.25. The number of hydrogen-bond acceptors (Lipinski definition) is 5. The van der Waals surface area contributed by atoms with Gasteiger partial charge in [0.15, 0.2) is 0 Å². The van der Waals surface area contributed by atoms with Crippen molar-refractivity contribution in [2.45, 2.75) is 76.3 Å². The van der Waals surface area contributed by atoms with Crippen LogP contribution in [0.2, 0.25) is 0 Å². The summed E-state index contributed by atoms with van der Waals surface area (Å²) in [5.41, 5.74) is 1.54. The Labute approximate surface area is 226 Å². The maximum atomic E-state index is 13.6. The van der Waals surface area contributed by atoms with Gasteiger partial charge in [-0.25, -0.2) is 8.42 Å². The van der Waals surface area contributed by atoms with E-state index >= 15 is 0 Å². The number of carbonyl (C=O) groups is 2. The second-order valence-electron chi connectivity index (χ2n) is 11.1. The van der Waals surface area contributed by atoms with Crippen LogP contribution in [0.1, 0.15) is 64.0 Å². The highest BCUT2D eigenvalue weighted by atomic mass is 32.2. The van der Waals surface area contributed by atoms with E-state index in [0.717, 1.165) is 12.0 Å². The molecule has 1 fully saturated rings. The summed E-state index contributed by atoms with van der Waals surface area (Å²) in [6.07, 6.45) is 2.02. The Morgan fingerprint density at radius 1 is 1.05 bits per heavy atom. The maximum absolute atomic E-state index is 13.6. The van der Waals surface area contributed by atoms with Gasteiger partial charge >= 0.3 is 0 Å². The van der Waals surface area contributed by atoms with Crippen LogP contribution in [0, 0.1) is 5.41 Å². The first-order valence-corrected chi connectivity index (χ1v) is 14.7. The average Bonchev–Trinajstić information content (AvgIpc) is 2.92. The first-order chi connectivity index (χ1) is 17.9. The van der Waals surface area contributed by atoms with Gasteiger partial charge in [0.1, 0.15) is 12.1 Å². The number of nitrogens with one attached hydrogen (secondary N) is 2. The third-order valence-electron chi connectivity index (χ3n) is 6.99. The molecule has 8 nitrogen and oxygen atoms in total. The monoisotopic (exact) mass is 543 g/mol. The Balaban J connectivity index is 1.83. The topological polar surface area (TPSA) is 116 Å². The standard InChI is InChI=1S/C29H41N3O5S/c1-21(2)23-15-13-22(14-16-23)18-25(27(34)30-19-29(3,4)20-33)31-28(35)26-12-8-9-17-32(26)38(36,37)24-10-6-5-7-11-24/h5-7,10-11,13-16,21,25-26,33H,8-9,12,17-20H2,1-4H3,(H,30,34)(H,31,35)/t25-,26-/m0/s1. The SMILES string of the molecule is CC(C)c1ccc(C[C@H](NC(=O)[C@@H]2CCCCN2S(=O)(=O)c2ccccc2)C(=O)NCC(C)(C)CO)cc1. The zero-order valence-corrected chi connectivity index (χ0v) is 23.6. The van der Waals surface area contributed by atoms with E-state index in [0.29, 0.717) is 18.8 Å². The van der Waals surface area contributed by atoms with Crippen molar-refractivity contribution in [2.75, 3.05) is 19.7 Å². The summed E-state index contributed by atoms with van der Waals surface area (Å²) in [4.78, 5) is 27.0. The predicted octanol–water partition coefficient (Wildman–Crippen LogP) is 3.22. The van der Waals surface area contributed by atoms with Crippen LogP contribution in [0.3, 0.4) is 0 Å². The minimum Gasteiger partial charge on any atom is -0.396 e. The van der Waals surface area contributed by atoms with E-state index in [1.807, 2.05) is 38.1 Å². The largest absolute Gasteiger partial charge is 0.396 e. The average molecular weight is 544 g/mol. The molecule has 3 N–H and O–H groups in total. The Kier molecular flexibility index (Phi) is 10.1. The van der Waals surface area contributed by atoms with E-state index in [1.54, 1.807) is 18.2 Å². The van der Waals surface area contributed by atoms with Gasteiger partial charge in [-0.3, -0.25) is 9.59 Å². The first-order valence-electron chi connectivity index (χ1n) is 13.3. The van der Waals surface area contributed by atoms with E-state index in [-0.39, 0.29) is 36.9 Å². The second-order valence-corrected chi connectivity index (χ2v) is 13.0. The molecular formula is C29H41N3O5S. The summed E-state index contributed by atoms with van der Waals surface area (Å²) in [6, 6.07) is 14.2. The number of rotatable bonds is 11. The van der Waals surface area contributed by atoms with Crippen molar-refractivity contribution in [3.8, 4) is 0 Å². The van der Waals surface area contributed by atoms with Gasteiger partial charge in [-0.05, 0) is 42.0 Å². The molecule has 0 aromatic heterocycles. The molecule has 0 unspecified atom stereocenters. The Bertz CT molecular complexity index is 1180. The molecule has 2 aromatic carbocycles. The summed E-state index contributed by atoms with van der Waals surface area (Å²) >= 11 is 0. The van der Waals surface area contributed by atoms with Crippen LogP contribution in [0.5, 0.6) is 0 Å². The van der Waals surface area contributed by atoms with E-state index in [2.05, 4.69) is 24.5 Å². The minimum atomic E-state index is -3.87. The highest BCUT2D eigenvalue weighted by molar-refractivity contribution is 7.89. The van der Waals surface area contributed by atoms with Crippen LogP contribution in [-0.2, 0) is 26.0 Å². The van der Waals surface area contributed by atoms with Gasteiger partial charge in [-0.2, -0.15) is 4.31 Å². The lowest BCUT2D eigenvalue weighted by Gasteiger charge is -2.34. The van der Waals surface area contributed by atoms with Crippen LogP contribution in [0.4, 0.5) is 0 Å². The molecule has 208 valence electrons. The van der Waals surface area contributed by atoms with Crippen LogP contribution in [0.15, 0.2) is 59.5 Å². The summed E-state index contributed by atoms with van der Waals surface area (Å²) in [7, 11) is -3.87. The number of piperidine rings is 1. The Morgan fingerprint density at radius 3 is 2.32 bits per heavy atom. The summed E-state index contributed by atoms with van der Waals surface area (Å²) in [5.74, 6) is -0.488. The van der Waals surface area contributed by atoms with Gasteiger partial charge in [0.2, 0.25) is 21.8 Å². The molecule has 0 saturated carbocycles. The van der Waals surface area contributed by atoms with Crippen molar-refractivity contribution in [1.29, 1.82) is 0 Å². The van der Waals surface area contributed by atoms with Gasteiger partial charge in [-0.15, -0.1) is 0 Å². The third-order valence-corrected chi connectivity index (χ3v) is 8.92. The molecule has 2 amide bonds. The van der Waals surface area contributed by atoms with Gasteiger partial charge in [0.25, 0.3) is 0 Å². The summed E-state index contributed by atoms with van der Waals surface area (Å²) in [5, 5.41) is 15.3. The van der Waals surface area contributed by atoms with Crippen molar-refractivity contribution >= 4 is 21.8 Å². The lowest BCUT2D eigenvalue weighted by molar-refractivity contribution is -0.131. The van der Waals surface area contributed by atoms with Crippen molar-refractivity contribution in [3.63, 3.8) is 0 Å². The quantitative estimate of drug-likeness (QED) is 0.403. The highest BCUT2D eigenvalue weighted by Crippen LogP contribution is 2.26. The molecule has 3 rings (SSSR count). The molecule has 2 aromatic rings. The fourth-order valence-corrected chi connectivity index (χ4v) is 6.12. The molecule has 0 spiro atoms. The number of amides is 2. The second kappa shape index (κ2) is 12.9. The number of nitrogens with zero attached hydrogens (tertiary/aromatic N) is 1. The number of carbonyl (C=O) groups excluding carboxylic acids is 2. The van der Waals surface area contributed by atoms with E-state index in [4.69, 9.17) is 0 Å². The smallest absolute Gasteiger partial charge is 0.243 e. The molecule has 1 aliphatic rings. The normalized spacial score (nSPS) is 17.7. The zero-order valence-electron chi connectivity index (χ0n) is 22.8. The first kappa shape index (κ1) is 29.8. The van der Waals surface area contributed by atoms with E-state index < -0.39 is 33.4 Å². The van der Waals surface area contributed by atoms with Crippen LogP contribution < -0.4 is 10.6 Å². The molecule has 1 aliphatic heterocycles. The van der Waals surface area contributed by atoms with Gasteiger partial charge in [0, 0.05) is 31.5 Å². The summed E-state index contributed by atoms with van der Waals surface area (Å²) < 4.78 is 28.0. The van der Waals surface area contributed by atoms with E-state index in [9.17, 15) is 23.1 Å². The van der Waals surface area contributed by atoms with Gasteiger partial charge < -0.3 is 15.7 Å². The fourth-order valence-electron chi connectivity index (χ4n) is 4.44. The van der Waals surface area contributed by atoms with Gasteiger partial charge in [0.05, 0.1) is 4.90 Å². The lowest BCUT2D eigenvalue weighted by atomic mass is 9.94. The van der Waals surface area contributed by atoms with Gasteiger partial charge in [-0.1, -0.05) is 76.6 Å². The molecule has 0 radical (unpaired) electrons. The molecule has 38 heavy (non-hydrogen) atoms. The minimum absolute atomic E-state index is 0.102. The lowest BCUT2D eigenvalue weighted by Crippen LogP contribution is -2.57. The van der Waals surface area contributed by atoms with Crippen LogP contribution in [-0.4, -0.2) is 61.4 Å². The number of sulfonamides is 1. The highest BCUT2D eigenvalue weighted by Gasteiger charge is 2.39. The van der Waals surface area contributed by atoms with Crippen molar-refractivity contribution in [2.24, 2.45) is 5.41 Å². The molecule has 2 atom stereocenters. The predicted molar refractivity (Wildman–Crippen MR) is 148 cm³/mol. The van der Waals surface area contributed by atoms with Crippen molar-refractivity contribution < 1.29 is 23.1 Å². The van der Waals surface area contributed by atoms with Crippen LogP contribution >= 0.6 is 0 Å². The molecular weight excluding hydrogens is 502 g/mol. The molecule has 0 bridgehead atoms. The number of aliphatic hydroxyl groups excluding tert-OH is 1. The molecule has 1 saturated heterocycles. The Morgan fingerprint density at radius 2 is 1.71 bits per heavy atom. The molecule has 9 heteroatoms. The molecule has 1 heterocycles. The number of benzene rings is 2. The Hall–Kier alpha value is -2.75. The fraction of sp³-hybridized carbons (Fsp3) is 0.517. The third kappa shape index (κ3) is 7.65. The number of aliphatic hydroxyl groups is 1. The van der Waals surface area contributed by atoms with Crippen molar-refractivity contribution in [1.82, 2.24) is 14.9 Å². The van der Waals surface area contributed by atoms with Crippen molar-refractivity contribution in [3.05, 3.63) is 65.7 Å². The number of hydrogen-bond donors (Lipinski definition) is 3.